The zero-order valence-corrected chi connectivity index (χ0v) is 15.8. The molecule has 0 spiro atoms. The lowest BCUT2D eigenvalue weighted by Gasteiger charge is -2.33. The van der Waals surface area contributed by atoms with E-state index in [2.05, 4.69) is 38.2 Å². The number of carbonyl (C=O) groups excluding carboxylic acids is 1. The zero-order chi connectivity index (χ0) is 17.7. The molecule has 24 heavy (non-hydrogen) atoms. The fourth-order valence-corrected chi connectivity index (χ4v) is 3.19. The number of hydrogen-bond acceptors (Lipinski definition) is 3. The Morgan fingerprint density at radius 2 is 1.83 bits per heavy atom. The van der Waals surface area contributed by atoms with Crippen molar-refractivity contribution in [2.75, 3.05) is 26.7 Å². The highest BCUT2D eigenvalue weighted by molar-refractivity contribution is 5.81. The molecule has 0 saturated carbocycles. The van der Waals surface area contributed by atoms with E-state index in [1.54, 1.807) is 0 Å². The highest BCUT2D eigenvalue weighted by Crippen LogP contribution is 2.25. The highest BCUT2D eigenvalue weighted by Gasteiger charge is 2.26. The maximum atomic E-state index is 12.6. The van der Waals surface area contributed by atoms with Crippen LogP contribution in [0.1, 0.15) is 46.1 Å². The summed E-state index contributed by atoms with van der Waals surface area (Å²) in [5.74, 6) is 1.53. The van der Waals surface area contributed by atoms with Crippen molar-refractivity contribution >= 4 is 5.91 Å². The molecule has 0 radical (unpaired) electrons. The third-order valence-corrected chi connectivity index (χ3v) is 4.80. The third kappa shape index (κ3) is 4.97. The number of piperidine rings is 1. The van der Waals surface area contributed by atoms with E-state index in [0.717, 1.165) is 38.2 Å². The SMILES string of the molecule is CNCC1CCN(C(=O)C(C)Oc2ccc(C(C)(C)C)cc2)CC1. The first-order valence-corrected chi connectivity index (χ1v) is 9.02. The highest BCUT2D eigenvalue weighted by atomic mass is 16.5. The summed E-state index contributed by atoms with van der Waals surface area (Å²) in [6.07, 6.45) is 1.70. The van der Waals surface area contributed by atoms with Crippen molar-refractivity contribution in [3.8, 4) is 5.75 Å². The molecule has 0 aromatic heterocycles. The Bertz CT molecular complexity index is 526. The second kappa shape index (κ2) is 8.02. The van der Waals surface area contributed by atoms with Crippen LogP contribution in [-0.2, 0) is 10.2 Å². The number of hydrogen-bond donors (Lipinski definition) is 1. The molecule has 1 atom stereocenters. The van der Waals surface area contributed by atoms with E-state index < -0.39 is 6.10 Å². The number of nitrogens with one attached hydrogen (secondary N) is 1. The minimum absolute atomic E-state index is 0.0952. The first-order chi connectivity index (χ1) is 11.3. The number of nitrogens with zero attached hydrogens (tertiary/aromatic N) is 1. The van der Waals surface area contributed by atoms with Gasteiger partial charge in [0, 0.05) is 13.1 Å². The molecule has 1 fully saturated rings. The predicted molar refractivity (Wildman–Crippen MR) is 98.5 cm³/mol. The van der Waals surface area contributed by atoms with Crippen molar-refractivity contribution in [3.05, 3.63) is 29.8 Å². The standard InChI is InChI=1S/C20H32N2O2/c1-15(19(23)22-12-10-16(11-13-22)14-21-5)24-18-8-6-17(7-9-18)20(2,3)4/h6-9,15-16,21H,10-14H2,1-5H3. The minimum atomic E-state index is -0.439. The molecule has 0 bridgehead atoms. The van der Waals surface area contributed by atoms with Gasteiger partial charge in [0.1, 0.15) is 5.75 Å². The van der Waals surface area contributed by atoms with Gasteiger partial charge in [0.05, 0.1) is 0 Å². The molecule has 1 amide bonds. The van der Waals surface area contributed by atoms with E-state index in [-0.39, 0.29) is 11.3 Å². The lowest BCUT2D eigenvalue weighted by Crippen LogP contribution is -2.45. The number of rotatable bonds is 5. The van der Waals surface area contributed by atoms with Crippen molar-refractivity contribution in [2.24, 2.45) is 5.92 Å². The summed E-state index contributed by atoms with van der Waals surface area (Å²) in [6, 6.07) is 8.08. The van der Waals surface area contributed by atoms with Crippen LogP contribution in [0.4, 0.5) is 0 Å². The second-order valence-corrected chi connectivity index (χ2v) is 7.86. The van der Waals surface area contributed by atoms with Crippen LogP contribution in [-0.4, -0.2) is 43.6 Å². The van der Waals surface area contributed by atoms with E-state index in [4.69, 9.17) is 4.74 Å². The Morgan fingerprint density at radius 3 is 2.33 bits per heavy atom. The molecule has 134 valence electrons. The van der Waals surface area contributed by atoms with Crippen LogP contribution < -0.4 is 10.1 Å². The molecule has 4 nitrogen and oxygen atoms in total. The molecule has 2 rings (SSSR count). The summed E-state index contributed by atoms with van der Waals surface area (Å²) >= 11 is 0. The molecular weight excluding hydrogens is 300 g/mol. The molecule has 1 heterocycles. The topological polar surface area (TPSA) is 41.6 Å². The van der Waals surface area contributed by atoms with Crippen molar-refractivity contribution in [3.63, 3.8) is 0 Å². The van der Waals surface area contributed by atoms with E-state index >= 15 is 0 Å². The fraction of sp³-hybridized carbons (Fsp3) is 0.650. The lowest BCUT2D eigenvalue weighted by molar-refractivity contribution is -0.139. The van der Waals surface area contributed by atoms with Gasteiger partial charge in [-0.25, -0.2) is 0 Å². The molecule has 0 aliphatic carbocycles. The van der Waals surface area contributed by atoms with Crippen molar-refractivity contribution < 1.29 is 9.53 Å². The van der Waals surface area contributed by atoms with Gasteiger partial charge in [-0.3, -0.25) is 4.79 Å². The number of carbonyl (C=O) groups is 1. The summed E-state index contributed by atoms with van der Waals surface area (Å²) in [7, 11) is 1.98. The molecule has 1 aliphatic rings. The van der Waals surface area contributed by atoms with Crippen LogP contribution in [0.15, 0.2) is 24.3 Å². The Kier molecular flexibility index (Phi) is 6.27. The van der Waals surface area contributed by atoms with Crippen molar-refractivity contribution in [1.82, 2.24) is 10.2 Å². The Morgan fingerprint density at radius 1 is 1.25 bits per heavy atom. The molecule has 4 heteroatoms. The zero-order valence-electron chi connectivity index (χ0n) is 15.8. The van der Waals surface area contributed by atoms with Gasteiger partial charge in [0.2, 0.25) is 0 Å². The summed E-state index contributed by atoms with van der Waals surface area (Å²) in [4.78, 5) is 14.5. The summed E-state index contributed by atoms with van der Waals surface area (Å²) in [5, 5.41) is 3.22. The van der Waals surface area contributed by atoms with Crippen LogP contribution in [0.5, 0.6) is 5.75 Å². The molecule has 1 unspecified atom stereocenters. The van der Waals surface area contributed by atoms with Gasteiger partial charge in [0.25, 0.3) is 5.91 Å². The summed E-state index contributed by atoms with van der Waals surface area (Å²) in [5.41, 5.74) is 1.39. The maximum Gasteiger partial charge on any atom is 0.263 e. The van der Waals surface area contributed by atoms with E-state index in [1.807, 2.05) is 31.0 Å². The van der Waals surface area contributed by atoms with Crippen LogP contribution in [0.25, 0.3) is 0 Å². The fourth-order valence-electron chi connectivity index (χ4n) is 3.19. The van der Waals surface area contributed by atoms with Crippen LogP contribution in [0, 0.1) is 5.92 Å². The minimum Gasteiger partial charge on any atom is -0.481 e. The van der Waals surface area contributed by atoms with Gasteiger partial charge in [-0.15, -0.1) is 0 Å². The first kappa shape index (κ1) is 18.8. The molecule has 1 N–H and O–H groups in total. The number of ether oxygens (including phenoxy) is 1. The largest absolute Gasteiger partial charge is 0.481 e. The quantitative estimate of drug-likeness (QED) is 0.900. The number of amides is 1. The van der Waals surface area contributed by atoms with Crippen LogP contribution in [0.3, 0.4) is 0 Å². The van der Waals surface area contributed by atoms with Crippen molar-refractivity contribution in [1.29, 1.82) is 0 Å². The van der Waals surface area contributed by atoms with E-state index in [9.17, 15) is 4.79 Å². The normalized spacial score (nSPS) is 17.6. The summed E-state index contributed by atoms with van der Waals surface area (Å²) < 4.78 is 5.87. The predicted octanol–water partition coefficient (Wildman–Crippen LogP) is 3.21. The van der Waals surface area contributed by atoms with Gasteiger partial charge in [-0.05, 0) is 62.4 Å². The molecule has 1 aliphatic heterocycles. The monoisotopic (exact) mass is 332 g/mol. The Balaban J connectivity index is 1.88. The average molecular weight is 332 g/mol. The smallest absolute Gasteiger partial charge is 0.263 e. The van der Waals surface area contributed by atoms with Gasteiger partial charge in [-0.1, -0.05) is 32.9 Å². The molecular formula is C20H32N2O2. The van der Waals surface area contributed by atoms with Gasteiger partial charge in [0.15, 0.2) is 6.10 Å². The van der Waals surface area contributed by atoms with Gasteiger partial charge in [-0.2, -0.15) is 0 Å². The van der Waals surface area contributed by atoms with Crippen LogP contribution >= 0.6 is 0 Å². The van der Waals surface area contributed by atoms with Crippen LogP contribution in [0.2, 0.25) is 0 Å². The maximum absolute atomic E-state index is 12.6. The number of benzene rings is 1. The lowest BCUT2D eigenvalue weighted by atomic mass is 9.87. The Labute approximate surface area is 146 Å². The molecule has 1 aromatic carbocycles. The summed E-state index contributed by atoms with van der Waals surface area (Å²) in [6.45, 7) is 11.1. The number of likely N-dealkylation sites (tertiary alicyclic amines) is 1. The van der Waals surface area contributed by atoms with Gasteiger partial charge >= 0.3 is 0 Å². The van der Waals surface area contributed by atoms with Crippen molar-refractivity contribution in [2.45, 2.75) is 52.1 Å². The second-order valence-electron chi connectivity index (χ2n) is 7.86. The molecule has 1 aromatic rings. The Hall–Kier alpha value is -1.55. The van der Waals surface area contributed by atoms with Gasteiger partial charge < -0.3 is 15.0 Å². The average Bonchev–Trinajstić information content (AvgIpc) is 2.55. The molecule has 1 saturated heterocycles. The van der Waals surface area contributed by atoms with E-state index in [1.165, 1.54) is 5.56 Å². The third-order valence-electron chi connectivity index (χ3n) is 4.80. The van der Waals surface area contributed by atoms with E-state index in [0.29, 0.717) is 5.92 Å². The first-order valence-electron chi connectivity index (χ1n) is 9.02.